The van der Waals surface area contributed by atoms with Crippen molar-refractivity contribution in [1.82, 2.24) is 9.62 Å². The van der Waals surface area contributed by atoms with Crippen molar-refractivity contribution in [3.8, 4) is 0 Å². The van der Waals surface area contributed by atoms with E-state index in [4.69, 9.17) is 21.1 Å². The number of hydrogen-bond donors (Lipinski definition) is 1. The Hall–Kier alpha value is -2.50. The van der Waals surface area contributed by atoms with E-state index in [1.807, 2.05) is 24.3 Å². The molecule has 1 saturated heterocycles. The van der Waals surface area contributed by atoms with E-state index in [1.165, 1.54) is 39.9 Å². The molecule has 0 saturated carbocycles. The zero-order valence-electron chi connectivity index (χ0n) is 17.5. The minimum absolute atomic E-state index is 0.0200. The summed E-state index contributed by atoms with van der Waals surface area (Å²) in [6.45, 7) is 1.20. The summed E-state index contributed by atoms with van der Waals surface area (Å²) >= 11 is 7.60. The molecular formula is C22H21ClN2O6S2. The van der Waals surface area contributed by atoms with Crippen LogP contribution >= 0.6 is 22.9 Å². The minimum atomic E-state index is -3.72. The van der Waals surface area contributed by atoms with Gasteiger partial charge in [0.05, 0.1) is 35.2 Å². The number of ether oxygens (including phenoxy) is 2. The van der Waals surface area contributed by atoms with Crippen molar-refractivity contribution in [2.75, 3.05) is 39.5 Å². The van der Waals surface area contributed by atoms with Gasteiger partial charge in [-0.3, -0.25) is 4.79 Å². The third-order valence-electron chi connectivity index (χ3n) is 5.04. The number of halogens is 1. The third-order valence-corrected chi connectivity index (χ3v) is 8.61. The average Bonchev–Trinajstić information content (AvgIpc) is 3.19. The summed E-state index contributed by atoms with van der Waals surface area (Å²) in [4.78, 5) is 25.3. The van der Waals surface area contributed by atoms with E-state index in [1.54, 1.807) is 0 Å². The average molecular weight is 509 g/mol. The van der Waals surface area contributed by atoms with Crippen molar-refractivity contribution in [2.45, 2.75) is 4.90 Å². The Morgan fingerprint density at radius 1 is 1.12 bits per heavy atom. The molecule has 1 aromatic heterocycles. The molecule has 1 fully saturated rings. The third kappa shape index (κ3) is 5.20. The van der Waals surface area contributed by atoms with Crippen molar-refractivity contribution in [3.63, 3.8) is 0 Å². The second-order valence-electron chi connectivity index (χ2n) is 7.18. The second-order valence-corrected chi connectivity index (χ2v) is 10.5. The molecule has 2 aromatic carbocycles. The van der Waals surface area contributed by atoms with Gasteiger partial charge >= 0.3 is 5.97 Å². The van der Waals surface area contributed by atoms with Gasteiger partial charge in [-0.25, -0.2) is 13.2 Å². The predicted octanol–water partition coefficient (Wildman–Crippen LogP) is 3.16. The zero-order chi connectivity index (χ0) is 23.4. The number of thiophene rings is 1. The molecule has 1 N–H and O–H groups in total. The van der Waals surface area contributed by atoms with Gasteiger partial charge in [-0.1, -0.05) is 35.9 Å². The van der Waals surface area contributed by atoms with Crippen LogP contribution in [0, 0.1) is 0 Å². The molecule has 8 nitrogen and oxygen atoms in total. The lowest BCUT2D eigenvalue weighted by Gasteiger charge is -2.26. The van der Waals surface area contributed by atoms with E-state index >= 15 is 0 Å². The summed E-state index contributed by atoms with van der Waals surface area (Å²) in [7, 11) is -3.72. The maximum absolute atomic E-state index is 12.8. The van der Waals surface area contributed by atoms with E-state index in [0.29, 0.717) is 23.1 Å². The molecule has 4 rings (SSSR count). The largest absolute Gasteiger partial charge is 0.460 e. The Morgan fingerprint density at radius 3 is 2.64 bits per heavy atom. The Labute approximate surface area is 200 Å². The number of carbonyl (C=O) groups is 2. The number of hydrogen-bond acceptors (Lipinski definition) is 7. The summed E-state index contributed by atoms with van der Waals surface area (Å²) in [5.41, 5.74) is 0.114. The normalized spacial score (nSPS) is 14.8. The van der Waals surface area contributed by atoms with Crippen molar-refractivity contribution >= 4 is 54.9 Å². The van der Waals surface area contributed by atoms with Gasteiger partial charge in [0.2, 0.25) is 10.0 Å². The SMILES string of the molecule is O=C(OCCNC(=O)c1sc2ccccc2c1Cl)c1cccc(S(=O)(=O)N2CCOCC2)c1. The Bertz CT molecular complexity index is 1290. The van der Waals surface area contributed by atoms with Crippen molar-refractivity contribution < 1.29 is 27.5 Å². The first-order chi connectivity index (χ1) is 15.9. The van der Waals surface area contributed by atoms with E-state index in [9.17, 15) is 18.0 Å². The summed E-state index contributed by atoms with van der Waals surface area (Å²) in [6.07, 6.45) is 0. The van der Waals surface area contributed by atoms with Gasteiger partial charge in [0.25, 0.3) is 5.91 Å². The Morgan fingerprint density at radius 2 is 1.88 bits per heavy atom. The van der Waals surface area contributed by atoms with Gasteiger partial charge in [-0.05, 0) is 24.3 Å². The highest BCUT2D eigenvalue weighted by atomic mass is 35.5. The number of amides is 1. The monoisotopic (exact) mass is 508 g/mol. The molecule has 0 unspecified atom stereocenters. The first-order valence-corrected chi connectivity index (χ1v) is 12.8. The topological polar surface area (TPSA) is 102 Å². The van der Waals surface area contributed by atoms with Gasteiger partial charge in [0.15, 0.2) is 0 Å². The predicted molar refractivity (Wildman–Crippen MR) is 125 cm³/mol. The molecule has 3 aromatic rings. The molecule has 2 heterocycles. The Balaban J connectivity index is 1.33. The maximum Gasteiger partial charge on any atom is 0.338 e. The highest BCUT2D eigenvalue weighted by Gasteiger charge is 2.27. The lowest BCUT2D eigenvalue weighted by molar-refractivity contribution is 0.0503. The smallest absolute Gasteiger partial charge is 0.338 e. The van der Waals surface area contributed by atoms with Gasteiger partial charge in [-0.15, -0.1) is 11.3 Å². The molecule has 174 valence electrons. The van der Waals surface area contributed by atoms with Gasteiger partial charge in [0, 0.05) is 23.2 Å². The maximum atomic E-state index is 12.8. The van der Waals surface area contributed by atoms with E-state index in [0.717, 1.165) is 10.1 Å². The second kappa shape index (κ2) is 10.2. The number of fused-ring (bicyclic) bond motifs is 1. The summed E-state index contributed by atoms with van der Waals surface area (Å²) < 4.78 is 38.2. The van der Waals surface area contributed by atoms with Crippen LogP contribution in [0.15, 0.2) is 53.4 Å². The van der Waals surface area contributed by atoms with Gasteiger partial charge < -0.3 is 14.8 Å². The van der Waals surface area contributed by atoms with Crippen molar-refractivity contribution in [2.24, 2.45) is 0 Å². The van der Waals surface area contributed by atoms with Crippen LogP contribution in [0.5, 0.6) is 0 Å². The van der Waals surface area contributed by atoms with E-state index < -0.39 is 16.0 Å². The number of esters is 1. The number of rotatable bonds is 7. The molecule has 0 atom stereocenters. The van der Waals surface area contributed by atoms with Crippen LogP contribution in [0.3, 0.4) is 0 Å². The van der Waals surface area contributed by atoms with Crippen molar-refractivity contribution in [3.05, 3.63) is 64.0 Å². The number of benzene rings is 2. The van der Waals surface area contributed by atoms with Crippen LogP contribution in [-0.4, -0.2) is 64.1 Å². The summed E-state index contributed by atoms with van der Waals surface area (Å²) in [6, 6.07) is 13.2. The molecule has 1 amide bonds. The molecule has 0 bridgehead atoms. The fourth-order valence-electron chi connectivity index (χ4n) is 3.35. The van der Waals surface area contributed by atoms with E-state index in [-0.39, 0.29) is 42.6 Å². The lowest BCUT2D eigenvalue weighted by Crippen LogP contribution is -2.40. The molecule has 11 heteroatoms. The van der Waals surface area contributed by atoms with Crippen LogP contribution < -0.4 is 5.32 Å². The number of morpholine rings is 1. The quantitative estimate of drug-likeness (QED) is 0.388. The minimum Gasteiger partial charge on any atom is -0.460 e. The van der Waals surface area contributed by atoms with Gasteiger partial charge in [-0.2, -0.15) is 4.31 Å². The van der Waals surface area contributed by atoms with Gasteiger partial charge in [0.1, 0.15) is 11.5 Å². The molecule has 0 spiro atoms. The fraction of sp³-hybridized carbons (Fsp3) is 0.273. The van der Waals surface area contributed by atoms with Crippen LogP contribution in [0.25, 0.3) is 10.1 Å². The molecule has 0 aliphatic carbocycles. The number of sulfonamides is 1. The fourth-order valence-corrected chi connectivity index (χ4v) is 6.24. The first-order valence-electron chi connectivity index (χ1n) is 10.2. The molecule has 0 radical (unpaired) electrons. The zero-order valence-corrected chi connectivity index (χ0v) is 19.8. The molecule has 1 aliphatic rings. The number of carbonyl (C=O) groups excluding carboxylic acids is 2. The molecular weight excluding hydrogens is 488 g/mol. The highest BCUT2D eigenvalue weighted by Crippen LogP contribution is 2.34. The molecule has 33 heavy (non-hydrogen) atoms. The lowest BCUT2D eigenvalue weighted by atomic mass is 10.2. The standard InChI is InChI=1S/C22H21ClN2O6S2/c23-19-17-6-1-2-7-18(17)32-20(19)21(26)24-8-11-31-22(27)15-4-3-5-16(14-15)33(28,29)25-9-12-30-13-10-25/h1-7,14H,8-13H2,(H,24,26). The summed E-state index contributed by atoms with van der Waals surface area (Å²) in [5, 5.41) is 3.89. The Kier molecular flexibility index (Phi) is 7.30. The summed E-state index contributed by atoms with van der Waals surface area (Å²) in [5.74, 6) is -1.03. The highest BCUT2D eigenvalue weighted by molar-refractivity contribution is 7.89. The number of nitrogens with zero attached hydrogens (tertiary/aromatic N) is 1. The van der Waals surface area contributed by atoms with Crippen LogP contribution in [0.2, 0.25) is 5.02 Å². The van der Waals surface area contributed by atoms with Crippen LogP contribution in [-0.2, 0) is 19.5 Å². The first kappa shape index (κ1) is 23.7. The van der Waals surface area contributed by atoms with E-state index in [2.05, 4.69) is 5.32 Å². The van der Waals surface area contributed by atoms with Crippen LogP contribution in [0.4, 0.5) is 0 Å². The van der Waals surface area contributed by atoms with Crippen LogP contribution in [0.1, 0.15) is 20.0 Å². The number of nitrogens with one attached hydrogen (secondary N) is 1. The molecule has 1 aliphatic heterocycles. The van der Waals surface area contributed by atoms with Crippen molar-refractivity contribution in [1.29, 1.82) is 0 Å².